The van der Waals surface area contributed by atoms with Crippen LogP contribution in [0.1, 0.15) is 17.3 Å². The summed E-state index contributed by atoms with van der Waals surface area (Å²) in [5.74, 6) is 0. The minimum absolute atomic E-state index is 0.176. The van der Waals surface area contributed by atoms with E-state index in [1.54, 1.807) is 12.3 Å². The van der Waals surface area contributed by atoms with Crippen molar-refractivity contribution >= 4 is 6.08 Å². The highest BCUT2D eigenvalue weighted by atomic mass is 14.8. The van der Waals surface area contributed by atoms with Gasteiger partial charge in [-0.25, -0.2) is 0 Å². The predicted molar refractivity (Wildman–Crippen MR) is 50.3 cm³/mol. The average molecular weight is 163 g/mol. The van der Waals surface area contributed by atoms with E-state index in [1.807, 2.05) is 12.1 Å². The first-order chi connectivity index (χ1) is 5.77. The highest BCUT2D eigenvalue weighted by Gasteiger charge is 2.03. The van der Waals surface area contributed by atoms with Crippen molar-refractivity contribution in [2.75, 3.05) is 6.54 Å². The molecule has 0 saturated carbocycles. The van der Waals surface area contributed by atoms with E-state index in [1.165, 1.54) is 0 Å². The molecule has 4 N–H and O–H groups in total. The third-order valence-corrected chi connectivity index (χ3v) is 1.67. The fourth-order valence-electron chi connectivity index (χ4n) is 0.916. The molecule has 64 valence electrons. The molecule has 0 aliphatic carbocycles. The van der Waals surface area contributed by atoms with Gasteiger partial charge in [-0.05, 0) is 17.7 Å². The van der Waals surface area contributed by atoms with Crippen LogP contribution in [0.2, 0.25) is 0 Å². The van der Waals surface area contributed by atoms with Gasteiger partial charge in [0.1, 0.15) is 0 Å². The number of aromatic nitrogens is 1. The zero-order chi connectivity index (χ0) is 8.97. The molecule has 1 aromatic rings. The van der Waals surface area contributed by atoms with E-state index in [0.717, 1.165) is 11.3 Å². The van der Waals surface area contributed by atoms with Crippen molar-refractivity contribution in [2.24, 2.45) is 11.5 Å². The Labute approximate surface area is 72.1 Å². The second-order valence-corrected chi connectivity index (χ2v) is 2.56. The van der Waals surface area contributed by atoms with Gasteiger partial charge in [-0.2, -0.15) is 0 Å². The van der Waals surface area contributed by atoms with Crippen LogP contribution in [0.5, 0.6) is 0 Å². The van der Waals surface area contributed by atoms with Crippen molar-refractivity contribution < 1.29 is 0 Å². The Kier molecular flexibility index (Phi) is 2.96. The third kappa shape index (κ3) is 1.90. The first-order valence-corrected chi connectivity index (χ1v) is 3.82. The number of pyridine rings is 1. The van der Waals surface area contributed by atoms with E-state index in [9.17, 15) is 0 Å². The molecule has 0 radical (unpaired) electrons. The summed E-state index contributed by atoms with van der Waals surface area (Å²) >= 11 is 0. The minimum atomic E-state index is -0.176. The monoisotopic (exact) mass is 163 g/mol. The summed E-state index contributed by atoms with van der Waals surface area (Å²) in [7, 11) is 0. The van der Waals surface area contributed by atoms with Crippen LogP contribution in [0, 0.1) is 0 Å². The first kappa shape index (κ1) is 8.90. The standard InChI is InChI=1S/C9H13N3/c1-2-7-3-4-12-9(5-7)8(11)6-10/h2-5,8H,1,6,10-11H2/t8-/m1/s1. The molecule has 12 heavy (non-hydrogen) atoms. The van der Waals surface area contributed by atoms with Crippen LogP contribution in [0.4, 0.5) is 0 Å². The molecule has 0 aliphatic rings. The summed E-state index contributed by atoms with van der Waals surface area (Å²) < 4.78 is 0. The van der Waals surface area contributed by atoms with Crippen molar-refractivity contribution in [3.8, 4) is 0 Å². The third-order valence-electron chi connectivity index (χ3n) is 1.67. The number of hydrogen-bond donors (Lipinski definition) is 2. The number of rotatable bonds is 3. The van der Waals surface area contributed by atoms with Crippen molar-refractivity contribution in [3.05, 3.63) is 36.2 Å². The van der Waals surface area contributed by atoms with E-state index >= 15 is 0 Å². The highest BCUT2D eigenvalue weighted by molar-refractivity contribution is 5.46. The van der Waals surface area contributed by atoms with E-state index in [0.29, 0.717) is 6.54 Å². The van der Waals surface area contributed by atoms with Gasteiger partial charge in [0.15, 0.2) is 0 Å². The summed E-state index contributed by atoms with van der Waals surface area (Å²) in [5.41, 5.74) is 12.9. The quantitative estimate of drug-likeness (QED) is 0.688. The zero-order valence-corrected chi connectivity index (χ0v) is 6.90. The largest absolute Gasteiger partial charge is 0.329 e. The molecule has 0 spiro atoms. The molecule has 3 nitrogen and oxygen atoms in total. The lowest BCUT2D eigenvalue weighted by atomic mass is 10.1. The molecule has 0 aliphatic heterocycles. The normalized spacial score (nSPS) is 12.5. The molecule has 0 unspecified atom stereocenters. The van der Waals surface area contributed by atoms with Crippen molar-refractivity contribution in [1.82, 2.24) is 4.98 Å². The fraction of sp³-hybridized carbons (Fsp3) is 0.222. The van der Waals surface area contributed by atoms with Crippen molar-refractivity contribution in [1.29, 1.82) is 0 Å². The van der Waals surface area contributed by atoms with Crippen LogP contribution in [-0.2, 0) is 0 Å². The number of hydrogen-bond acceptors (Lipinski definition) is 3. The Morgan fingerprint density at radius 1 is 1.67 bits per heavy atom. The Morgan fingerprint density at radius 3 is 3.00 bits per heavy atom. The van der Waals surface area contributed by atoms with E-state index < -0.39 is 0 Å². The predicted octanol–water partition coefficient (Wildman–Crippen LogP) is 0.683. The molecule has 0 amide bonds. The molecule has 1 heterocycles. The molecule has 1 atom stereocenters. The van der Waals surface area contributed by atoms with Crippen LogP contribution >= 0.6 is 0 Å². The molecule has 0 aromatic carbocycles. The van der Waals surface area contributed by atoms with Gasteiger partial charge in [-0.1, -0.05) is 12.7 Å². The topological polar surface area (TPSA) is 64.9 Å². The Balaban J connectivity index is 2.93. The van der Waals surface area contributed by atoms with Crippen LogP contribution < -0.4 is 11.5 Å². The van der Waals surface area contributed by atoms with E-state index in [2.05, 4.69) is 11.6 Å². The molecule has 3 heteroatoms. The van der Waals surface area contributed by atoms with Crippen molar-refractivity contribution in [2.45, 2.75) is 6.04 Å². The SMILES string of the molecule is C=Cc1ccnc([C@H](N)CN)c1. The van der Waals surface area contributed by atoms with Gasteiger partial charge in [0.2, 0.25) is 0 Å². The van der Waals surface area contributed by atoms with Crippen LogP contribution in [0.15, 0.2) is 24.9 Å². The molecular weight excluding hydrogens is 150 g/mol. The second-order valence-electron chi connectivity index (χ2n) is 2.56. The minimum Gasteiger partial charge on any atom is -0.329 e. The van der Waals surface area contributed by atoms with Crippen molar-refractivity contribution in [3.63, 3.8) is 0 Å². The van der Waals surface area contributed by atoms with Gasteiger partial charge in [0.05, 0.1) is 11.7 Å². The maximum Gasteiger partial charge on any atom is 0.0594 e. The summed E-state index contributed by atoms with van der Waals surface area (Å²) in [4.78, 5) is 4.11. The molecule has 0 fully saturated rings. The average Bonchev–Trinajstić information content (AvgIpc) is 2.17. The van der Waals surface area contributed by atoms with Crippen LogP contribution in [0.25, 0.3) is 6.08 Å². The zero-order valence-electron chi connectivity index (χ0n) is 6.90. The molecule has 0 bridgehead atoms. The van der Waals surface area contributed by atoms with Gasteiger partial charge >= 0.3 is 0 Å². The Bertz CT molecular complexity index is 270. The highest BCUT2D eigenvalue weighted by Crippen LogP contribution is 2.08. The Morgan fingerprint density at radius 2 is 2.42 bits per heavy atom. The van der Waals surface area contributed by atoms with Gasteiger partial charge in [0.25, 0.3) is 0 Å². The van der Waals surface area contributed by atoms with Gasteiger partial charge < -0.3 is 11.5 Å². The molecule has 1 aromatic heterocycles. The summed E-state index contributed by atoms with van der Waals surface area (Å²) in [6, 6.07) is 3.59. The second kappa shape index (κ2) is 3.99. The van der Waals surface area contributed by atoms with Gasteiger partial charge in [-0.3, -0.25) is 4.98 Å². The number of nitrogens with two attached hydrogens (primary N) is 2. The summed E-state index contributed by atoms with van der Waals surface area (Å²) in [6.07, 6.45) is 3.47. The van der Waals surface area contributed by atoms with E-state index in [4.69, 9.17) is 11.5 Å². The van der Waals surface area contributed by atoms with Gasteiger partial charge in [0, 0.05) is 12.7 Å². The Hall–Kier alpha value is -1.19. The lowest BCUT2D eigenvalue weighted by Crippen LogP contribution is -2.21. The summed E-state index contributed by atoms with van der Waals surface area (Å²) in [5, 5.41) is 0. The maximum absolute atomic E-state index is 5.70. The first-order valence-electron chi connectivity index (χ1n) is 3.82. The van der Waals surface area contributed by atoms with Crippen LogP contribution in [0.3, 0.4) is 0 Å². The van der Waals surface area contributed by atoms with Crippen LogP contribution in [-0.4, -0.2) is 11.5 Å². The lowest BCUT2D eigenvalue weighted by molar-refractivity contribution is 0.711. The summed E-state index contributed by atoms with van der Waals surface area (Å²) in [6.45, 7) is 4.07. The fourth-order valence-corrected chi connectivity index (χ4v) is 0.916. The smallest absolute Gasteiger partial charge is 0.0594 e. The molecular formula is C9H13N3. The molecule has 0 saturated heterocycles. The number of nitrogens with zero attached hydrogens (tertiary/aromatic N) is 1. The molecule has 1 rings (SSSR count). The lowest BCUT2D eigenvalue weighted by Gasteiger charge is -2.07. The maximum atomic E-state index is 5.70. The van der Waals surface area contributed by atoms with Gasteiger partial charge in [-0.15, -0.1) is 0 Å². The van der Waals surface area contributed by atoms with E-state index in [-0.39, 0.29) is 6.04 Å².